The second-order valence-corrected chi connectivity index (χ2v) is 10.2. The summed E-state index contributed by atoms with van der Waals surface area (Å²) in [5.41, 5.74) is 5.42. The van der Waals surface area contributed by atoms with Crippen molar-refractivity contribution in [2.24, 2.45) is 0 Å². The summed E-state index contributed by atoms with van der Waals surface area (Å²) < 4.78 is 50.6. The highest BCUT2D eigenvalue weighted by Crippen LogP contribution is 2.48. The van der Waals surface area contributed by atoms with Crippen LogP contribution < -0.4 is 15.4 Å². The van der Waals surface area contributed by atoms with Gasteiger partial charge in [-0.25, -0.2) is 0 Å². The first kappa shape index (κ1) is 22.8. The molecule has 0 saturated heterocycles. The Bertz CT molecular complexity index is 1420. The van der Waals surface area contributed by atoms with E-state index in [0.717, 1.165) is 67.5 Å². The van der Waals surface area contributed by atoms with Crippen molar-refractivity contribution in [3.63, 3.8) is 0 Å². The zero-order chi connectivity index (χ0) is 24.2. The number of nitrogens with zero attached hydrogens (tertiary/aromatic N) is 2. The quantitative estimate of drug-likeness (QED) is 0.358. The van der Waals surface area contributed by atoms with Gasteiger partial charge in [-0.15, -0.1) is 11.3 Å². The lowest BCUT2D eigenvalue weighted by Gasteiger charge is -2.15. The maximum atomic E-state index is 12.5. The highest BCUT2D eigenvalue weighted by atomic mass is 35.5. The number of hydrogen-bond acceptors (Lipinski definition) is 7. The number of aromatic nitrogens is 2. The molecule has 0 unspecified atom stereocenters. The summed E-state index contributed by atoms with van der Waals surface area (Å²) in [6.45, 7) is 0.636. The van der Waals surface area contributed by atoms with Crippen LogP contribution in [0.5, 0.6) is 5.75 Å². The normalized spacial score (nSPS) is 17.4. The third-order valence-corrected chi connectivity index (χ3v) is 7.58. The molecule has 182 valence electrons. The van der Waals surface area contributed by atoms with Gasteiger partial charge in [-0.3, -0.25) is 4.98 Å². The average Bonchev–Trinajstić information content (AvgIpc) is 3.53. The van der Waals surface area contributed by atoms with E-state index in [9.17, 15) is 13.2 Å². The molecule has 5 heterocycles. The summed E-state index contributed by atoms with van der Waals surface area (Å²) in [4.78, 5) is 5.19. The first-order valence-electron chi connectivity index (χ1n) is 11.2. The van der Waals surface area contributed by atoms with Crippen LogP contribution in [-0.2, 0) is 25.9 Å². The van der Waals surface area contributed by atoms with E-state index in [4.69, 9.17) is 20.9 Å². The first-order valence-corrected chi connectivity index (χ1v) is 12.4. The molecule has 0 amide bonds. The molecule has 2 aliphatic heterocycles. The minimum Gasteiger partial charge on any atom is -0.481 e. The van der Waals surface area contributed by atoms with Gasteiger partial charge in [-0.05, 0) is 24.3 Å². The number of pyridine rings is 1. The van der Waals surface area contributed by atoms with E-state index in [2.05, 4.69) is 20.8 Å². The number of rotatable bonds is 5. The minimum absolute atomic E-state index is 0.108. The summed E-state index contributed by atoms with van der Waals surface area (Å²) in [6, 6.07) is 7.46. The topological polar surface area (TPSA) is 72.2 Å². The second-order valence-electron chi connectivity index (χ2n) is 8.66. The monoisotopic (exact) mass is 520 g/mol. The first-order chi connectivity index (χ1) is 16.9. The molecule has 0 fully saturated rings. The van der Waals surface area contributed by atoms with Crippen LogP contribution in [0.4, 0.5) is 13.2 Å². The van der Waals surface area contributed by atoms with Crippen LogP contribution in [0, 0.1) is 0 Å². The van der Waals surface area contributed by atoms with Crippen LogP contribution >= 0.6 is 22.9 Å². The largest absolute Gasteiger partial charge is 0.481 e. The molecule has 0 saturated carbocycles. The molecule has 0 bridgehead atoms. The predicted molar refractivity (Wildman–Crippen MR) is 127 cm³/mol. The van der Waals surface area contributed by atoms with E-state index < -0.39 is 12.7 Å². The molecule has 2 N–H and O–H groups in total. The molecule has 0 radical (unpaired) electrons. The van der Waals surface area contributed by atoms with Crippen molar-refractivity contribution in [3.05, 3.63) is 62.9 Å². The van der Waals surface area contributed by atoms with Gasteiger partial charge in [0.05, 0.1) is 22.5 Å². The standard InChI is InChI=1S/C24H20ClF3N4O2S/c25-13-5-12-6-20(22-17-10-29-3-2-18(17)32-34-22)33-21(12)16(7-13)15-1-4-31-19-8-14(35-23(15)19)9-30-11-24(26,27)28/h1,4-5,7-8,20,29-30H,2-3,6,9-11H2/t20-/m1/s1. The van der Waals surface area contributed by atoms with Crippen LogP contribution in [0.25, 0.3) is 21.3 Å². The molecule has 0 aliphatic carbocycles. The van der Waals surface area contributed by atoms with Crippen LogP contribution in [0.3, 0.4) is 0 Å². The Morgan fingerprint density at radius 3 is 2.97 bits per heavy atom. The van der Waals surface area contributed by atoms with E-state index in [1.165, 1.54) is 11.3 Å². The Morgan fingerprint density at radius 1 is 1.23 bits per heavy atom. The lowest BCUT2D eigenvalue weighted by molar-refractivity contribution is -0.125. The van der Waals surface area contributed by atoms with E-state index in [1.807, 2.05) is 24.3 Å². The highest BCUT2D eigenvalue weighted by Gasteiger charge is 2.34. The van der Waals surface area contributed by atoms with Crippen LogP contribution in [0.2, 0.25) is 5.02 Å². The average molecular weight is 521 g/mol. The minimum atomic E-state index is -4.26. The molecular weight excluding hydrogens is 501 g/mol. The fourth-order valence-electron chi connectivity index (χ4n) is 4.70. The van der Waals surface area contributed by atoms with Crippen molar-refractivity contribution in [2.75, 3.05) is 13.1 Å². The second kappa shape index (κ2) is 8.77. The van der Waals surface area contributed by atoms with Crippen molar-refractivity contribution in [3.8, 4) is 16.9 Å². The fraction of sp³-hybridized carbons (Fsp3) is 0.333. The van der Waals surface area contributed by atoms with Crippen molar-refractivity contribution >= 4 is 33.2 Å². The van der Waals surface area contributed by atoms with Crippen molar-refractivity contribution in [1.82, 2.24) is 20.8 Å². The Hall–Kier alpha value is -2.66. The Labute approximate surface area is 207 Å². The van der Waals surface area contributed by atoms with Crippen molar-refractivity contribution < 1.29 is 22.4 Å². The maximum absolute atomic E-state index is 12.5. The number of fused-ring (bicyclic) bond motifs is 3. The summed E-state index contributed by atoms with van der Waals surface area (Å²) in [7, 11) is 0. The predicted octanol–water partition coefficient (Wildman–Crippen LogP) is 5.58. The number of thiophene rings is 1. The van der Waals surface area contributed by atoms with Gasteiger partial charge in [0.15, 0.2) is 11.9 Å². The van der Waals surface area contributed by atoms with Gasteiger partial charge in [0.2, 0.25) is 0 Å². The molecule has 1 aromatic carbocycles. The van der Waals surface area contributed by atoms with E-state index >= 15 is 0 Å². The highest BCUT2D eigenvalue weighted by molar-refractivity contribution is 7.19. The molecular formula is C24H20ClF3N4O2S. The molecule has 11 heteroatoms. The molecule has 1 atom stereocenters. The number of nitrogens with one attached hydrogen (secondary N) is 2. The van der Waals surface area contributed by atoms with Gasteiger partial charge < -0.3 is 19.9 Å². The number of hydrogen-bond donors (Lipinski definition) is 2. The van der Waals surface area contributed by atoms with Gasteiger partial charge in [-0.2, -0.15) is 13.2 Å². The summed E-state index contributed by atoms with van der Waals surface area (Å²) in [5.74, 6) is 1.46. The van der Waals surface area contributed by atoms with Gasteiger partial charge in [0.25, 0.3) is 0 Å². The number of benzene rings is 1. The number of alkyl halides is 3. The van der Waals surface area contributed by atoms with Crippen LogP contribution in [-0.4, -0.2) is 29.4 Å². The fourth-order valence-corrected chi connectivity index (χ4v) is 6.05. The molecule has 0 spiro atoms. The van der Waals surface area contributed by atoms with Gasteiger partial charge in [-0.1, -0.05) is 16.8 Å². The van der Waals surface area contributed by atoms with Gasteiger partial charge >= 0.3 is 6.18 Å². The van der Waals surface area contributed by atoms with Gasteiger partial charge in [0, 0.05) is 70.8 Å². The van der Waals surface area contributed by atoms with E-state index in [-0.39, 0.29) is 12.6 Å². The molecule has 6 rings (SSSR count). The third kappa shape index (κ3) is 4.40. The smallest absolute Gasteiger partial charge is 0.401 e. The van der Waals surface area contributed by atoms with Crippen LogP contribution in [0.15, 0.2) is 35.0 Å². The molecule has 3 aromatic heterocycles. The number of ether oxygens (including phenoxy) is 1. The van der Waals surface area contributed by atoms with Crippen LogP contribution in [0.1, 0.15) is 33.6 Å². The summed E-state index contributed by atoms with van der Waals surface area (Å²) in [5, 5.41) is 10.6. The zero-order valence-electron chi connectivity index (χ0n) is 18.3. The third-order valence-electron chi connectivity index (χ3n) is 6.21. The summed E-state index contributed by atoms with van der Waals surface area (Å²) in [6.07, 6.45) is -1.44. The molecule has 2 aliphatic rings. The Morgan fingerprint density at radius 2 is 2.11 bits per heavy atom. The zero-order valence-corrected chi connectivity index (χ0v) is 19.9. The maximum Gasteiger partial charge on any atom is 0.401 e. The molecule has 4 aromatic rings. The Kier molecular flexibility index (Phi) is 5.71. The lowest BCUT2D eigenvalue weighted by Crippen LogP contribution is -2.27. The SMILES string of the molecule is FC(F)(F)CNCc1cc2nccc(-c3cc(Cl)cc4c3O[C@@H](c3onc5c3CNCC5)C4)c2s1. The molecule has 35 heavy (non-hydrogen) atoms. The van der Waals surface area contributed by atoms with Gasteiger partial charge in [0.1, 0.15) is 5.75 Å². The summed E-state index contributed by atoms with van der Waals surface area (Å²) >= 11 is 7.91. The molecule has 6 nitrogen and oxygen atoms in total. The lowest BCUT2D eigenvalue weighted by atomic mass is 9.99. The van der Waals surface area contributed by atoms with Crippen molar-refractivity contribution in [2.45, 2.75) is 38.2 Å². The van der Waals surface area contributed by atoms with E-state index in [0.29, 0.717) is 18.0 Å². The Balaban J connectivity index is 1.34. The van der Waals surface area contributed by atoms with E-state index in [1.54, 1.807) is 6.20 Å². The number of halogens is 4. The van der Waals surface area contributed by atoms with Crippen molar-refractivity contribution in [1.29, 1.82) is 0 Å².